The van der Waals surface area contributed by atoms with Crippen molar-refractivity contribution in [3.63, 3.8) is 0 Å². The highest BCUT2D eigenvalue weighted by molar-refractivity contribution is 14.0. The summed E-state index contributed by atoms with van der Waals surface area (Å²) in [5, 5.41) is 6.80. The number of aliphatic imine (C=N–C) groups is 1. The van der Waals surface area contributed by atoms with Crippen LogP contribution in [0.1, 0.15) is 52.0 Å². The van der Waals surface area contributed by atoms with E-state index < -0.39 is 10.0 Å². The standard InChI is InChI=1S/C20H34N4O2S.HI/c1-5-21-19(23-15-20(11-8-12-20)13-16(2)3)22-14-17-9-6-7-10-18(17)24-27(4,25)26;/h6-7,9-10,16,24H,5,8,11-15H2,1-4H3,(H2,21,22,23);1H. The first-order valence-electron chi connectivity index (χ1n) is 9.81. The van der Waals surface area contributed by atoms with Crippen molar-refractivity contribution in [2.45, 2.75) is 53.0 Å². The third-order valence-electron chi connectivity index (χ3n) is 4.95. The van der Waals surface area contributed by atoms with Crippen molar-refractivity contribution in [1.82, 2.24) is 10.6 Å². The van der Waals surface area contributed by atoms with Crippen LogP contribution in [0.2, 0.25) is 0 Å². The van der Waals surface area contributed by atoms with Gasteiger partial charge in [-0.25, -0.2) is 13.4 Å². The van der Waals surface area contributed by atoms with Crippen molar-refractivity contribution >= 4 is 45.6 Å². The summed E-state index contributed by atoms with van der Waals surface area (Å²) in [5.41, 5.74) is 1.82. The van der Waals surface area contributed by atoms with E-state index in [4.69, 9.17) is 0 Å². The summed E-state index contributed by atoms with van der Waals surface area (Å²) in [6.07, 6.45) is 6.26. The third kappa shape index (κ3) is 8.14. The molecule has 28 heavy (non-hydrogen) atoms. The van der Waals surface area contributed by atoms with Gasteiger partial charge in [-0.2, -0.15) is 0 Å². The SMILES string of the molecule is CCNC(=NCc1ccccc1NS(C)(=O)=O)NCC1(CC(C)C)CCC1.I. The first-order chi connectivity index (χ1) is 12.7. The van der Waals surface area contributed by atoms with E-state index in [9.17, 15) is 8.42 Å². The summed E-state index contributed by atoms with van der Waals surface area (Å²) in [5.74, 6) is 1.47. The first-order valence-corrected chi connectivity index (χ1v) is 11.7. The van der Waals surface area contributed by atoms with E-state index in [-0.39, 0.29) is 24.0 Å². The summed E-state index contributed by atoms with van der Waals surface area (Å²) in [6, 6.07) is 7.37. The Morgan fingerprint density at radius 3 is 2.43 bits per heavy atom. The highest BCUT2D eigenvalue weighted by Gasteiger charge is 2.37. The number of nitrogens with one attached hydrogen (secondary N) is 3. The molecular weight excluding hydrogens is 487 g/mol. The lowest BCUT2D eigenvalue weighted by atomic mass is 9.64. The molecule has 1 saturated carbocycles. The van der Waals surface area contributed by atoms with Gasteiger partial charge in [-0.05, 0) is 49.1 Å². The minimum Gasteiger partial charge on any atom is -0.357 e. The van der Waals surface area contributed by atoms with Crippen LogP contribution in [0.3, 0.4) is 0 Å². The lowest BCUT2D eigenvalue weighted by Crippen LogP contribution is -2.47. The molecule has 0 radical (unpaired) electrons. The molecule has 8 heteroatoms. The van der Waals surface area contributed by atoms with Crippen molar-refractivity contribution in [2.24, 2.45) is 16.3 Å². The Balaban J connectivity index is 0.00000392. The Morgan fingerprint density at radius 1 is 1.21 bits per heavy atom. The van der Waals surface area contributed by atoms with Crippen LogP contribution in [0.5, 0.6) is 0 Å². The van der Waals surface area contributed by atoms with Crippen LogP contribution < -0.4 is 15.4 Å². The maximum atomic E-state index is 11.6. The van der Waals surface area contributed by atoms with Crippen molar-refractivity contribution in [2.75, 3.05) is 24.1 Å². The molecule has 1 aliphatic rings. The number of rotatable bonds is 9. The molecule has 0 atom stereocenters. The summed E-state index contributed by atoms with van der Waals surface area (Å²) >= 11 is 0. The van der Waals surface area contributed by atoms with E-state index in [1.165, 1.54) is 25.7 Å². The minimum absolute atomic E-state index is 0. The molecule has 0 aliphatic heterocycles. The van der Waals surface area contributed by atoms with Crippen molar-refractivity contribution in [3.05, 3.63) is 29.8 Å². The average molecular weight is 522 g/mol. The number of sulfonamides is 1. The molecule has 0 heterocycles. The van der Waals surface area contributed by atoms with Gasteiger partial charge in [0.25, 0.3) is 0 Å². The fourth-order valence-electron chi connectivity index (χ4n) is 3.73. The normalized spacial score (nSPS) is 16.1. The summed E-state index contributed by atoms with van der Waals surface area (Å²) < 4.78 is 25.7. The molecule has 0 bridgehead atoms. The highest BCUT2D eigenvalue weighted by Crippen LogP contribution is 2.45. The van der Waals surface area contributed by atoms with Gasteiger partial charge < -0.3 is 10.6 Å². The van der Waals surface area contributed by atoms with Crippen LogP contribution in [0.15, 0.2) is 29.3 Å². The van der Waals surface area contributed by atoms with Gasteiger partial charge >= 0.3 is 0 Å². The Morgan fingerprint density at radius 2 is 1.89 bits per heavy atom. The molecule has 0 spiro atoms. The zero-order valence-corrected chi connectivity index (χ0v) is 20.6. The van der Waals surface area contributed by atoms with Gasteiger partial charge in [0, 0.05) is 13.1 Å². The van der Waals surface area contributed by atoms with Crippen molar-refractivity contribution in [3.8, 4) is 0 Å². The predicted molar refractivity (Wildman–Crippen MR) is 129 cm³/mol. The van der Waals surface area contributed by atoms with Crippen LogP contribution >= 0.6 is 24.0 Å². The summed E-state index contributed by atoms with van der Waals surface area (Å²) in [4.78, 5) is 4.67. The van der Waals surface area contributed by atoms with Gasteiger partial charge in [0.2, 0.25) is 10.0 Å². The molecule has 6 nitrogen and oxygen atoms in total. The molecule has 0 unspecified atom stereocenters. The molecular formula is C20H35IN4O2S. The first kappa shape index (κ1) is 25.0. The summed E-state index contributed by atoms with van der Waals surface area (Å²) in [6.45, 7) is 8.73. The summed E-state index contributed by atoms with van der Waals surface area (Å²) in [7, 11) is -3.32. The zero-order chi connectivity index (χ0) is 19.9. The monoisotopic (exact) mass is 522 g/mol. The van der Waals surface area contributed by atoms with Crippen LogP contribution in [0, 0.1) is 11.3 Å². The minimum atomic E-state index is -3.32. The quantitative estimate of drug-likeness (QED) is 0.261. The smallest absolute Gasteiger partial charge is 0.229 e. The number of benzene rings is 1. The molecule has 2 rings (SSSR count). The lowest BCUT2D eigenvalue weighted by Gasteiger charge is -2.43. The van der Waals surface area contributed by atoms with Gasteiger partial charge in [-0.3, -0.25) is 4.72 Å². The zero-order valence-electron chi connectivity index (χ0n) is 17.4. The molecule has 0 aromatic heterocycles. The number of halogens is 1. The fourth-order valence-corrected chi connectivity index (χ4v) is 4.33. The number of para-hydroxylation sites is 1. The maximum absolute atomic E-state index is 11.6. The third-order valence-corrected chi connectivity index (χ3v) is 5.54. The Labute approximate surface area is 187 Å². The number of anilines is 1. The number of guanidine groups is 1. The van der Waals surface area contributed by atoms with Gasteiger partial charge in [0.05, 0.1) is 18.5 Å². The fraction of sp³-hybridized carbons (Fsp3) is 0.650. The van der Waals surface area contributed by atoms with Crippen molar-refractivity contribution in [1.29, 1.82) is 0 Å². The second-order valence-electron chi connectivity index (χ2n) is 8.03. The topological polar surface area (TPSA) is 82.6 Å². The van der Waals surface area contributed by atoms with E-state index in [0.717, 1.165) is 30.9 Å². The largest absolute Gasteiger partial charge is 0.357 e. The molecule has 1 aliphatic carbocycles. The Hall–Kier alpha value is -1.03. The average Bonchev–Trinajstić information content (AvgIpc) is 2.54. The molecule has 3 N–H and O–H groups in total. The lowest BCUT2D eigenvalue weighted by molar-refractivity contribution is 0.104. The second kappa shape index (κ2) is 11.2. The number of nitrogens with zero attached hydrogens (tertiary/aromatic N) is 1. The number of hydrogen-bond acceptors (Lipinski definition) is 3. The van der Waals surface area contributed by atoms with E-state index in [1.807, 2.05) is 25.1 Å². The second-order valence-corrected chi connectivity index (χ2v) is 9.78. The maximum Gasteiger partial charge on any atom is 0.229 e. The van der Waals surface area contributed by atoms with E-state index in [2.05, 4.69) is 34.2 Å². The molecule has 0 saturated heterocycles. The van der Waals surface area contributed by atoms with Gasteiger partial charge in [-0.1, -0.05) is 38.5 Å². The van der Waals surface area contributed by atoms with Crippen LogP contribution in [-0.4, -0.2) is 33.7 Å². The van der Waals surface area contributed by atoms with Crippen molar-refractivity contribution < 1.29 is 8.42 Å². The molecule has 1 aromatic carbocycles. The Bertz CT molecular complexity index is 746. The molecule has 1 fully saturated rings. The van der Waals surface area contributed by atoms with E-state index in [1.54, 1.807) is 6.07 Å². The Kier molecular flexibility index (Phi) is 10.0. The van der Waals surface area contributed by atoms with E-state index in [0.29, 0.717) is 23.6 Å². The predicted octanol–water partition coefficient (Wildman–Crippen LogP) is 3.95. The number of hydrogen-bond donors (Lipinski definition) is 3. The van der Waals surface area contributed by atoms with Gasteiger partial charge in [0.15, 0.2) is 5.96 Å². The van der Waals surface area contributed by atoms with Gasteiger partial charge in [0.1, 0.15) is 0 Å². The van der Waals surface area contributed by atoms with Crippen LogP contribution in [0.4, 0.5) is 5.69 Å². The van der Waals surface area contributed by atoms with Gasteiger partial charge in [-0.15, -0.1) is 24.0 Å². The van der Waals surface area contributed by atoms with Crippen LogP contribution in [-0.2, 0) is 16.6 Å². The molecule has 160 valence electrons. The highest BCUT2D eigenvalue weighted by atomic mass is 127. The molecule has 0 amide bonds. The van der Waals surface area contributed by atoms with Crippen LogP contribution in [0.25, 0.3) is 0 Å². The van der Waals surface area contributed by atoms with E-state index >= 15 is 0 Å². The molecule has 1 aromatic rings.